The molecule has 1 N–H and O–H groups in total. The lowest BCUT2D eigenvalue weighted by Gasteiger charge is -2.10. The average Bonchev–Trinajstić information content (AvgIpc) is 2.75. The van der Waals surface area contributed by atoms with E-state index in [-0.39, 0.29) is 6.61 Å². The van der Waals surface area contributed by atoms with Gasteiger partial charge in [0.25, 0.3) is 5.91 Å². The van der Waals surface area contributed by atoms with Crippen molar-refractivity contribution in [2.24, 2.45) is 5.10 Å². The fraction of sp³-hybridized carbons (Fsp3) is 0.0455. The summed E-state index contributed by atoms with van der Waals surface area (Å²) in [7, 11) is 0. The van der Waals surface area contributed by atoms with Gasteiger partial charge < -0.3 is 9.47 Å². The number of nitrogens with zero attached hydrogens (tertiary/aromatic N) is 1. The number of amides is 1. The molecule has 1 amide bonds. The van der Waals surface area contributed by atoms with E-state index in [1.54, 1.807) is 54.6 Å². The maximum absolute atomic E-state index is 12.4. The standard InChI is InChI=1S/C22H13Br5N2O4/c23-14-3-1-12(2-4-14)22(31)33-19-6-5-15(24)7-13(19)10-28-29-20(30)11-32-21-17(26)8-16(25)9-18(21)27/h1-10H,11H2,(H,29,30)/b28-10-. The molecule has 6 nitrogen and oxygen atoms in total. The molecule has 0 radical (unpaired) electrons. The molecular formula is C22H13Br5N2O4. The number of rotatable bonds is 7. The van der Waals surface area contributed by atoms with Crippen LogP contribution in [-0.2, 0) is 4.79 Å². The van der Waals surface area contributed by atoms with Crippen LogP contribution in [0, 0.1) is 0 Å². The smallest absolute Gasteiger partial charge is 0.343 e. The van der Waals surface area contributed by atoms with Gasteiger partial charge in [-0.15, -0.1) is 0 Å². The van der Waals surface area contributed by atoms with Gasteiger partial charge in [-0.2, -0.15) is 5.10 Å². The van der Waals surface area contributed by atoms with Gasteiger partial charge in [0.15, 0.2) is 6.61 Å². The van der Waals surface area contributed by atoms with Crippen molar-refractivity contribution in [2.75, 3.05) is 6.61 Å². The molecule has 0 aliphatic carbocycles. The van der Waals surface area contributed by atoms with Crippen LogP contribution in [0.5, 0.6) is 11.5 Å². The van der Waals surface area contributed by atoms with Gasteiger partial charge in [0, 0.05) is 19.0 Å². The molecule has 0 aromatic heterocycles. The third-order valence-electron chi connectivity index (χ3n) is 3.96. The Hall–Kier alpha value is -1.53. The van der Waals surface area contributed by atoms with Crippen LogP contribution >= 0.6 is 79.6 Å². The first-order valence-electron chi connectivity index (χ1n) is 9.09. The Bertz CT molecular complexity index is 1190. The van der Waals surface area contributed by atoms with Crippen molar-refractivity contribution in [1.82, 2.24) is 5.43 Å². The summed E-state index contributed by atoms with van der Waals surface area (Å²) in [5, 5.41) is 3.95. The highest BCUT2D eigenvalue weighted by molar-refractivity contribution is 9.11. The summed E-state index contributed by atoms with van der Waals surface area (Å²) in [6, 6.07) is 15.5. The predicted octanol–water partition coefficient (Wildman–Crippen LogP) is 7.25. The van der Waals surface area contributed by atoms with Gasteiger partial charge in [-0.05, 0) is 86.5 Å². The summed E-state index contributed by atoms with van der Waals surface area (Å²) >= 11 is 16.9. The molecule has 11 heteroatoms. The minimum atomic E-state index is -0.512. The van der Waals surface area contributed by atoms with Crippen molar-refractivity contribution in [1.29, 1.82) is 0 Å². The van der Waals surface area contributed by atoms with Gasteiger partial charge in [-0.3, -0.25) is 4.79 Å². The zero-order valence-corrected chi connectivity index (χ0v) is 24.4. The molecule has 3 rings (SSSR count). The van der Waals surface area contributed by atoms with E-state index in [2.05, 4.69) is 90.2 Å². The van der Waals surface area contributed by atoms with E-state index in [0.717, 1.165) is 13.4 Å². The minimum Gasteiger partial charge on any atom is -0.481 e. The number of halogens is 5. The second-order valence-corrected chi connectivity index (χ2v) is 10.8. The summed E-state index contributed by atoms with van der Waals surface area (Å²) in [6.07, 6.45) is 1.39. The van der Waals surface area contributed by atoms with E-state index < -0.39 is 11.9 Å². The third-order valence-corrected chi connectivity index (χ3v) is 6.62. The zero-order valence-electron chi connectivity index (χ0n) is 16.5. The number of hydrogen-bond acceptors (Lipinski definition) is 5. The van der Waals surface area contributed by atoms with Gasteiger partial charge in [0.2, 0.25) is 0 Å². The van der Waals surface area contributed by atoms with Crippen molar-refractivity contribution < 1.29 is 19.1 Å². The zero-order chi connectivity index (χ0) is 24.0. The fourth-order valence-corrected chi connectivity index (χ4v) is 5.60. The summed E-state index contributed by atoms with van der Waals surface area (Å²) in [5.41, 5.74) is 3.29. The summed E-state index contributed by atoms with van der Waals surface area (Å²) < 4.78 is 14.9. The highest BCUT2D eigenvalue weighted by Crippen LogP contribution is 2.36. The Morgan fingerprint density at radius 3 is 2.15 bits per heavy atom. The SMILES string of the molecule is O=C(COc1c(Br)cc(Br)cc1Br)N/N=C\c1cc(Br)ccc1OC(=O)c1ccc(Br)cc1. The van der Waals surface area contributed by atoms with Crippen molar-refractivity contribution in [3.05, 3.63) is 88.1 Å². The first kappa shape index (κ1) is 26.1. The molecule has 0 atom stereocenters. The predicted molar refractivity (Wildman–Crippen MR) is 144 cm³/mol. The normalized spacial score (nSPS) is 10.8. The van der Waals surface area contributed by atoms with Crippen LogP contribution < -0.4 is 14.9 Å². The molecule has 0 saturated carbocycles. The summed E-state index contributed by atoms with van der Waals surface area (Å²) in [4.78, 5) is 24.6. The second kappa shape index (κ2) is 12.3. The molecule has 0 saturated heterocycles. The van der Waals surface area contributed by atoms with E-state index in [1.807, 2.05) is 0 Å². The minimum absolute atomic E-state index is 0.250. The number of carbonyl (C=O) groups excluding carboxylic acids is 2. The quantitative estimate of drug-likeness (QED) is 0.119. The summed E-state index contributed by atoms with van der Waals surface area (Å²) in [5.74, 6) is -0.187. The number of hydrazone groups is 1. The van der Waals surface area contributed by atoms with Crippen LogP contribution in [0.1, 0.15) is 15.9 Å². The molecule has 0 aliphatic rings. The molecule has 0 fully saturated rings. The lowest BCUT2D eigenvalue weighted by atomic mass is 10.2. The number of benzene rings is 3. The highest BCUT2D eigenvalue weighted by Gasteiger charge is 2.13. The fourth-order valence-electron chi connectivity index (χ4n) is 2.47. The topological polar surface area (TPSA) is 77.0 Å². The third kappa shape index (κ3) is 7.74. The summed E-state index contributed by atoms with van der Waals surface area (Å²) in [6.45, 7) is -0.250. The second-order valence-electron chi connectivity index (χ2n) is 6.36. The molecule has 170 valence electrons. The van der Waals surface area contributed by atoms with Gasteiger partial charge in [0.1, 0.15) is 11.5 Å². The maximum Gasteiger partial charge on any atom is 0.343 e. The van der Waals surface area contributed by atoms with Crippen LogP contribution in [0.2, 0.25) is 0 Å². The van der Waals surface area contributed by atoms with Crippen molar-refractivity contribution in [3.8, 4) is 11.5 Å². The highest BCUT2D eigenvalue weighted by atomic mass is 79.9. The average molecular weight is 769 g/mol. The molecule has 33 heavy (non-hydrogen) atoms. The maximum atomic E-state index is 12.4. The Morgan fingerprint density at radius 1 is 0.848 bits per heavy atom. The molecule has 3 aromatic rings. The van der Waals surface area contributed by atoms with Crippen molar-refractivity contribution in [3.63, 3.8) is 0 Å². The van der Waals surface area contributed by atoms with Crippen molar-refractivity contribution >= 4 is 97.7 Å². The van der Waals surface area contributed by atoms with E-state index in [4.69, 9.17) is 9.47 Å². The number of ether oxygens (including phenoxy) is 2. The molecule has 0 aliphatic heterocycles. The van der Waals surface area contributed by atoms with Crippen LogP contribution in [0.3, 0.4) is 0 Å². The molecule has 0 unspecified atom stereocenters. The largest absolute Gasteiger partial charge is 0.481 e. The molecular weight excluding hydrogens is 756 g/mol. The van der Waals surface area contributed by atoms with Crippen LogP contribution in [0.15, 0.2) is 82.1 Å². The lowest BCUT2D eigenvalue weighted by Crippen LogP contribution is -2.24. The van der Waals surface area contributed by atoms with Gasteiger partial charge in [-0.1, -0.05) is 47.8 Å². The molecule has 0 heterocycles. The number of hydrogen-bond donors (Lipinski definition) is 1. The van der Waals surface area contributed by atoms with E-state index in [0.29, 0.717) is 31.6 Å². The van der Waals surface area contributed by atoms with Gasteiger partial charge >= 0.3 is 5.97 Å². The van der Waals surface area contributed by atoms with E-state index >= 15 is 0 Å². The number of nitrogens with one attached hydrogen (secondary N) is 1. The van der Waals surface area contributed by atoms with E-state index in [9.17, 15) is 9.59 Å². The molecule has 3 aromatic carbocycles. The number of esters is 1. The van der Waals surface area contributed by atoms with Gasteiger partial charge in [-0.25, -0.2) is 10.2 Å². The first-order chi connectivity index (χ1) is 15.7. The Kier molecular flexibility index (Phi) is 9.69. The monoisotopic (exact) mass is 764 g/mol. The lowest BCUT2D eigenvalue weighted by molar-refractivity contribution is -0.123. The number of carbonyl (C=O) groups is 2. The Labute approximate surface area is 231 Å². The van der Waals surface area contributed by atoms with Crippen LogP contribution in [-0.4, -0.2) is 24.7 Å². The Balaban J connectivity index is 1.63. The van der Waals surface area contributed by atoms with Crippen LogP contribution in [0.25, 0.3) is 0 Å². The van der Waals surface area contributed by atoms with E-state index in [1.165, 1.54) is 6.21 Å². The molecule has 0 bridgehead atoms. The molecule has 0 spiro atoms. The first-order valence-corrected chi connectivity index (χ1v) is 13.1. The van der Waals surface area contributed by atoms with Gasteiger partial charge in [0.05, 0.1) is 20.7 Å². The Morgan fingerprint density at radius 2 is 1.48 bits per heavy atom. The van der Waals surface area contributed by atoms with Crippen molar-refractivity contribution in [2.45, 2.75) is 0 Å². The van der Waals surface area contributed by atoms with Crippen LogP contribution in [0.4, 0.5) is 0 Å².